The van der Waals surface area contributed by atoms with E-state index in [4.69, 9.17) is 0 Å². The Morgan fingerprint density at radius 2 is 1.86 bits per heavy atom. The Morgan fingerprint density at radius 3 is 2.29 bits per heavy atom. The number of hydrogen-bond donors (Lipinski definition) is 1. The molecule has 2 nitrogen and oxygen atoms in total. The van der Waals surface area contributed by atoms with Gasteiger partial charge in [0.2, 0.25) is 5.91 Å². The molecule has 1 aliphatic rings. The van der Waals surface area contributed by atoms with Crippen molar-refractivity contribution >= 4 is 5.91 Å². The van der Waals surface area contributed by atoms with Crippen LogP contribution in [0.3, 0.4) is 0 Å². The SMILES string of the molecule is O=C1CC(c2ccc(C(F)F)cc2)N1. The number of alkyl halides is 2. The quantitative estimate of drug-likeness (QED) is 0.723. The maximum atomic E-state index is 12.2. The van der Waals surface area contributed by atoms with E-state index in [2.05, 4.69) is 5.32 Å². The molecule has 1 fully saturated rings. The smallest absolute Gasteiger partial charge is 0.263 e. The third kappa shape index (κ3) is 1.60. The van der Waals surface area contributed by atoms with Crippen molar-refractivity contribution in [1.29, 1.82) is 0 Å². The molecular formula is C10H9F2NO. The van der Waals surface area contributed by atoms with Crippen LogP contribution in [0.2, 0.25) is 0 Å². The molecule has 0 bridgehead atoms. The van der Waals surface area contributed by atoms with E-state index in [9.17, 15) is 13.6 Å². The van der Waals surface area contributed by atoms with E-state index in [1.54, 1.807) is 12.1 Å². The Kier molecular flexibility index (Phi) is 2.19. The zero-order chi connectivity index (χ0) is 10.1. The van der Waals surface area contributed by atoms with Crippen LogP contribution in [0.5, 0.6) is 0 Å². The summed E-state index contributed by atoms with van der Waals surface area (Å²) >= 11 is 0. The van der Waals surface area contributed by atoms with E-state index in [-0.39, 0.29) is 17.5 Å². The van der Waals surface area contributed by atoms with Gasteiger partial charge in [0.1, 0.15) is 0 Å². The first kappa shape index (κ1) is 9.12. The first-order chi connectivity index (χ1) is 6.66. The van der Waals surface area contributed by atoms with Crippen LogP contribution in [0.1, 0.15) is 30.0 Å². The molecule has 1 aromatic carbocycles. The third-order valence-corrected chi connectivity index (χ3v) is 2.32. The third-order valence-electron chi connectivity index (χ3n) is 2.32. The van der Waals surface area contributed by atoms with Gasteiger partial charge >= 0.3 is 0 Å². The van der Waals surface area contributed by atoms with Crippen LogP contribution in [0.15, 0.2) is 24.3 Å². The molecule has 0 aromatic heterocycles. The topological polar surface area (TPSA) is 29.1 Å². The predicted octanol–water partition coefficient (Wildman–Crippen LogP) is 2.19. The van der Waals surface area contributed by atoms with Crippen molar-refractivity contribution in [2.45, 2.75) is 18.9 Å². The number of amides is 1. The minimum atomic E-state index is -2.43. The van der Waals surface area contributed by atoms with Gasteiger partial charge in [-0.15, -0.1) is 0 Å². The number of halogens is 2. The zero-order valence-electron chi connectivity index (χ0n) is 7.34. The largest absolute Gasteiger partial charge is 0.349 e. The highest BCUT2D eigenvalue weighted by molar-refractivity contribution is 5.83. The average Bonchev–Trinajstić information content (AvgIpc) is 2.13. The van der Waals surface area contributed by atoms with Gasteiger partial charge in [-0.05, 0) is 5.56 Å². The molecule has 4 heteroatoms. The molecule has 1 heterocycles. The second-order valence-corrected chi connectivity index (χ2v) is 3.29. The van der Waals surface area contributed by atoms with Crippen molar-refractivity contribution in [2.75, 3.05) is 0 Å². The lowest BCUT2D eigenvalue weighted by molar-refractivity contribution is -0.128. The molecule has 14 heavy (non-hydrogen) atoms. The molecule has 0 spiro atoms. The summed E-state index contributed by atoms with van der Waals surface area (Å²) in [5.74, 6) is 0.00735. The van der Waals surface area contributed by atoms with Crippen LogP contribution >= 0.6 is 0 Å². The van der Waals surface area contributed by atoms with Gasteiger partial charge < -0.3 is 5.32 Å². The second kappa shape index (κ2) is 3.36. The average molecular weight is 197 g/mol. The van der Waals surface area contributed by atoms with Gasteiger partial charge in [0.25, 0.3) is 6.43 Å². The Balaban J connectivity index is 2.10. The molecule has 0 saturated carbocycles. The van der Waals surface area contributed by atoms with Crippen molar-refractivity contribution in [3.05, 3.63) is 35.4 Å². The molecule has 1 N–H and O–H groups in total. The maximum absolute atomic E-state index is 12.2. The summed E-state index contributed by atoms with van der Waals surface area (Å²) < 4.78 is 24.4. The fourth-order valence-corrected chi connectivity index (χ4v) is 1.43. The number of β-lactam (4-membered cyclic amide) rings is 1. The number of carbonyl (C=O) groups excluding carboxylic acids is 1. The molecule has 1 unspecified atom stereocenters. The van der Waals surface area contributed by atoms with Gasteiger partial charge in [-0.3, -0.25) is 4.79 Å². The molecule has 1 aliphatic heterocycles. The fraction of sp³-hybridized carbons (Fsp3) is 0.300. The Hall–Kier alpha value is -1.45. The number of carbonyl (C=O) groups is 1. The molecule has 1 atom stereocenters. The highest BCUT2D eigenvalue weighted by Crippen LogP contribution is 2.26. The van der Waals surface area contributed by atoms with Gasteiger partial charge in [-0.2, -0.15) is 0 Å². The standard InChI is InChI=1S/C10H9F2NO/c11-10(12)7-3-1-6(2-4-7)8-5-9(14)13-8/h1-4,8,10H,5H2,(H,13,14). The Morgan fingerprint density at radius 1 is 1.29 bits per heavy atom. The molecule has 1 saturated heterocycles. The van der Waals surface area contributed by atoms with Crippen molar-refractivity contribution in [3.8, 4) is 0 Å². The first-order valence-electron chi connectivity index (χ1n) is 4.34. The van der Waals surface area contributed by atoms with E-state index < -0.39 is 6.43 Å². The number of benzene rings is 1. The summed E-state index contributed by atoms with van der Waals surface area (Å²) in [4.78, 5) is 10.6. The van der Waals surface area contributed by atoms with Gasteiger partial charge in [0.15, 0.2) is 0 Å². The number of rotatable bonds is 2. The molecule has 2 rings (SSSR count). The van der Waals surface area contributed by atoms with Crippen LogP contribution in [0, 0.1) is 0 Å². The van der Waals surface area contributed by atoms with Crippen molar-refractivity contribution in [2.24, 2.45) is 0 Å². The highest BCUT2D eigenvalue weighted by Gasteiger charge is 2.26. The minimum absolute atomic E-state index is 0.00735. The summed E-state index contributed by atoms with van der Waals surface area (Å²) in [6.07, 6.45) is -1.98. The zero-order valence-corrected chi connectivity index (χ0v) is 7.34. The Bertz CT molecular complexity index is 340. The summed E-state index contributed by atoms with van der Waals surface area (Å²) in [5, 5.41) is 2.68. The summed E-state index contributed by atoms with van der Waals surface area (Å²) in [6.45, 7) is 0. The van der Waals surface area contributed by atoms with E-state index in [0.29, 0.717) is 6.42 Å². The van der Waals surface area contributed by atoms with Crippen molar-refractivity contribution in [3.63, 3.8) is 0 Å². The van der Waals surface area contributed by atoms with Gasteiger partial charge in [-0.1, -0.05) is 24.3 Å². The van der Waals surface area contributed by atoms with Gasteiger partial charge in [0, 0.05) is 5.56 Å². The van der Waals surface area contributed by atoms with Gasteiger partial charge in [0.05, 0.1) is 12.5 Å². The number of nitrogens with one attached hydrogen (secondary N) is 1. The Labute approximate surface area is 79.9 Å². The van der Waals surface area contributed by atoms with Crippen molar-refractivity contribution in [1.82, 2.24) is 5.32 Å². The monoisotopic (exact) mass is 197 g/mol. The predicted molar refractivity (Wildman–Crippen MR) is 46.9 cm³/mol. The van der Waals surface area contributed by atoms with E-state index >= 15 is 0 Å². The molecular weight excluding hydrogens is 188 g/mol. The summed E-state index contributed by atoms with van der Waals surface area (Å²) in [7, 11) is 0. The first-order valence-corrected chi connectivity index (χ1v) is 4.34. The molecule has 1 amide bonds. The van der Waals surface area contributed by atoms with E-state index in [1.807, 2.05) is 0 Å². The summed E-state index contributed by atoms with van der Waals surface area (Å²) in [5.41, 5.74) is 0.897. The van der Waals surface area contributed by atoms with E-state index in [0.717, 1.165) is 5.56 Å². The second-order valence-electron chi connectivity index (χ2n) is 3.29. The number of hydrogen-bond acceptors (Lipinski definition) is 1. The maximum Gasteiger partial charge on any atom is 0.263 e. The minimum Gasteiger partial charge on any atom is -0.349 e. The van der Waals surface area contributed by atoms with Crippen LogP contribution < -0.4 is 5.32 Å². The fourth-order valence-electron chi connectivity index (χ4n) is 1.43. The van der Waals surface area contributed by atoms with Crippen molar-refractivity contribution < 1.29 is 13.6 Å². The van der Waals surface area contributed by atoms with Crippen LogP contribution in [-0.4, -0.2) is 5.91 Å². The molecule has 74 valence electrons. The van der Waals surface area contributed by atoms with Crippen LogP contribution in [0.4, 0.5) is 8.78 Å². The molecule has 1 aromatic rings. The lowest BCUT2D eigenvalue weighted by Crippen LogP contribution is -2.41. The molecule has 0 aliphatic carbocycles. The van der Waals surface area contributed by atoms with Crippen LogP contribution in [0.25, 0.3) is 0 Å². The highest BCUT2D eigenvalue weighted by atomic mass is 19.3. The normalized spacial score (nSPS) is 20.5. The lowest BCUT2D eigenvalue weighted by Gasteiger charge is -2.27. The molecule has 0 radical (unpaired) electrons. The van der Waals surface area contributed by atoms with E-state index in [1.165, 1.54) is 12.1 Å². The van der Waals surface area contributed by atoms with Gasteiger partial charge in [-0.25, -0.2) is 8.78 Å². The lowest BCUT2D eigenvalue weighted by atomic mass is 9.96. The summed E-state index contributed by atoms with van der Waals surface area (Å²) in [6, 6.07) is 6.06. The van der Waals surface area contributed by atoms with Crippen LogP contribution in [-0.2, 0) is 4.79 Å².